The lowest BCUT2D eigenvalue weighted by atomic mass is 9.84. The van der Waals surface area contributed by atoms with E-state index in [1.54, 1.807) is 66.9 Å². The largest absolute Gasteiger partial charge is 0.493 e. The van der Waals surface area contributed by atoms with E-state index in [4.69, 9.17) is 4.74 Å². The van der Waals surface area contributed by atoms with Crippen LogP contribution in [-0.2, 0) is 10.3 Å². The van der Waals surface area contributed by atoms with Gasteiger partial charge in [0.1, 0.15) is 11.6 Å². The molecular formula is C25H22FN3O4. The molecule has 2 aromatic carbocycles. The van der Waals surface area contributed by atoms with Gasteiger partial charge < -0.3 is 14.6 Å². The van der Waals surface area contributed by atoms with Crippen molar-refractivity contribution in [2.45, 2.75) is 25.8 Å². The first-order valence-electron chi connectivity index (χ1n) is 10.7. The molecule has 1 N–H and O–H groups in total. The Morgan fingerprint density at radius 3 is 2.64 bits per heavy atom. The zero-order chi connectivity index (χ0) is 23.3. The van der Waals surface area contributed by atoms with E-state index in [2.05, 4.69) is 5.32 Å². The molecule has 3 amide bonds. The van der Waals surface area contributed by atoms with Gasteiger partial charge in [0.2, 0.25) is 0 Å². The number of aryl methyl sites for hydroxylation is 1. The van der Waals surface area contributed by atoms with Crippen LogP contribution in [0.5, 0.6) is 5.75 Å². The van der Waals surface area contributed by atoms with Crippen LogP contribution in [-0.4, -0.2) is 40.3 Å². The number of carbonyl (C=O) groups excluding carboxylic acids is 3. The SMILES string of the molecule is Cc1cc(C(=O)CN2C(=O)NC3(CCOc4ccccc43)C2=O)c(C)n1-c1ccccc1F. The van der Waals surface area contributed by atoms with Crippen LogP contribution in [0.2, 0.25) is 0 Å². The Labute approximate surface area is 189 Å². The molecule has 1 unspecified atom stereocenters. The minimum Gasteiger partial charge on any atom is -0.493 e. The lowest BCUT2D eigenvalue weighted by Crippen LogP contribution is -2.47. The summed E-state index contributed by atoms with van der Waals surface area (Å²) in [6, 6.07) is 14.4. The fraction of sp³-hybridized carbons (Fsp3) is 0.240. The number of nitrogens with zero attached hydrogens (tertiary/aromatic N) is 2. The fourth-order valence-electron chi connectivity index (χ4n) is 4.79. The zero-order valence-corrected chi connectivity index (χ0v) is 18.2. The van der Waals surface area contributed by atoms with E-state index in [-0.39, 0.29) is 13.0 Å². The fourth-order valence-corrected chi connectivity index (χ4v) is 4.79. The third-order valence-corrected chi connectivity index (χ3v) is 6.38. The monoisotopic (exact) mass is 447 g/mol. The highest BCUT2D eigenvalue weighted by atomic mass is 19.1. The highest BCUT2D eigenvalue weighted by molar-refractivity contribution is 6.12. The van der Waals surface area contributed by atoms with E-state index in [0.29, 0.717) is 34.0 Å². The lowest BCUT2D eigenvalue weighted by molar-refractivity contribution is -0.132. The predicted octanol–water partition coefficient (Wildman–Crippen LogP) is 3.65. The number of fused-ring (bicyclic) bond motifs is 2. The molecule has 1 fully saturated rings. The molecule has 8 heteroatoms. The molecule has 1 aromatic heterocycles. The summed E-state index contributed by atoms with van der Waals surface area (Å²) in [5, 5.41) is 2.80. The molecule has 1 saturated heterocycles. The Hall–Kier alpha value is -3.94. The average molecular weight is 447 g/mol. The van der Waals surface area contributed by atoms with Crippen molar-refractivity contribution in [3.05, 3.63) is 82.9 Å². The normalized spacial score (nSPS) is 19.4. The van der Waals surface area contributed by atoms with Gasteiger partial charge in [0.25, 0.3) is 5.91 Å². The molecule has 168 valence electrons. The zero-order valence-electron chi connectivity index (χ0n) is 18.2. The second-order valence-electron chi connectivity index (χ2n) is 8.32. The second kappa shape index (κ2) is 7.58. The number of ketones is 1. The molecule has 0 aliphatic carbocycles. The summed E-state index contributed by atoms with van der Waals surface area (Å²) in [5.74, 6) is -0.738. The summed E-state index contributed by atoms with van der Waals surface area (Å²) in [6.45, 7) is 3.36. The molecule has 33 heavy (non-hydrogen) atoms. The summed E-state index contributed by atoms with van der Waals surface area (Å²) in [5.41, 5.74) is 1.23. The quantitative estimate of drug-likeness (QED) is 0.489. The number of aromatic nitrogens is 1. The molecule has 2 aliphatic heterocycles. The predicted molar refractivity (Wildman–Crippen MR) is 118 cm³/mol. The van der Waals surface area contributed by atoms with Crippen molar-refractivity contribution in [2.24, 2.45) is 0 Å². The maximum absolute atomic E-state index is 14.4. The van der Waals surface area contributed by atoms with E-state index in [9.17, 15) is 18.8 Å². The number of amides is 3. The number of halogens is 1. The Balaban J connectivity index is 1.45. The van der Waals surface area contributed by atoms with Gasteiger partial charge in [-0.1, -0.05) is 30.3 Å². The summed E-state index contributed by atoms with van der Waals surface area (Å²) < 4.78 is 21.7. The van der Waals surface area contributed by atoms with Gasteiger partial charge in [0.15, 0.2) is 11.3 Å². The highest BCUT2D eigenvalue weighted by Crippen LogP contribution is 2.41. The second-order valence-corrected chi connectivity index (χ2v) is 8.32. The van der Waals surface area contributed by atoms with Crippen molar-refractivity contribution < 1.29 is 23.5 Å². The molecule has 0 radical (unpaired) electrons. The average Bonchev–Trinajstić information content (AvgIpc) is 3.22. The molecule has 7 nitrogen and oxygen atoms in total. The number of imide groups is 1. The number of carbonyl (C=O) groups is 3. The molecule has 1 spiro atoms. The number of ether oxygens (including phenoxy) is 1. The van der Waals surface area contributed by atoms with E-state index >= 15 is 0 Å². The van der Waals surface area contributed by atoms with Gasteiger partial charge in [0.05, 0.1) is 18.8 Å². The lowest BCUT2D eigenvalue weighted by Gasteiger charge is -2.33. The Morgan fingerprint density at radius 2 is 1.85 bits per heavy atom. The highest BCUT2D eigenvalue weighted by Gasteiger charge is 2.55. The number of hydrogen-bond acceptors (Lipinski definition) is 4. The smallest absolute Gasteiger partial charge is 0.325 e. The summed E-state index contributed by atoms with van der Waals surface area (Å²) >= 11 is 0. The first-order chi connectivity index (χ1) is 15.8. The third kappa shape index (κ3) is 3.13. The standard InChI is InChI=1S/C25H22FN3O4/c1-15-13-17(16(2)29(15)20-9-5-4-8-19(20)26)21(30)14-28-23(31)25(27-24(28)32)11-12-33-22-10-6-3-7-18(22)25/h3-10,13H,11-12,14H2,1-2H3,(H,27,32). The number of para-hydroxylation sites is 2. The summed E-state index contributed by atoms with van der Waals surface area (Å²) in [4.78, 5) is 40.4. The van der Waals surface area contributed by atoms with E-state index < -0.39 is 35.6 Å². The molecule has 5 rings (SSSR count). The van der Waals surface area contributed by atoms with Crippen LogP contribution < -0.4 is 10.1 Å². The van der Waals surface area contributed by atoms with Crippen LogP contribution >= 0.6 is 0 Å². The van der Waals surface area contributed by atoms with Gasteiger partial charge in [-0.3, -0.25) is 14.5 Å². The van der Waals surface area contributed by atoms with E-state index in [1.165, 1.54) is 6.07 Å². The number of nitrogens with one attached hydrogen (secondary N) is 1. The molecule has 3 heterocycles. The van der Waals surface area contributed by atoms with Crippen molar-refractivity contribution in [1.29, 1.82) is 0 Å². The first-order valence-corrected chi connectivity index (χ1v) is 10.7. The van der Waals surface area contributed by atoms with Crippen LogP contribution in [0.3, 0.4) is 0 Å². The van der Waals surface area contributed by atoms with Crippen molar-refractivity contribution in [1.82, 2.24) is 14.8 Å². The maximum Gasteiger partial charge on any atom is 0.325 e. The van der Waals surface area contributed by atoms with Gasteiger partial charge in [-0.25, -0.2) is 9.18 Å². The Kier molecular flexibility index (Phi) is 4.81. The van der Waals surface area contributed by atoms with Gasteiger partial charge in [-0.15, -0.1) is 0 Å². The van der Waals surface area contributed by atoms with Gasteiger partial charge in [-0.2, -0.15) is 0 Å². The minimum atomic E-state index is -1.24. The topological polar surface area (TPSA) is 80.6 Å². The maximum atomic E-state index is 14.4. The van der Waals surface area contributed by atoms with Crippen molar-refractivity contribution in [3.63, 3.8) is 0 Å². The van der Waals surface area contributed by atoms with Crippen LogP contribution in [0.4, 0.5) is 9.18 Å². The Bertz CT molecular complexity index is 1310. The van der Waals surface area contributed by atoms with Crippen molar-refractivity contribution >= 4 is 17.7 Å². The molecule has 1 atom stereocenters. The van der Waals surface area contributed by atoms with Crippen molar-refractivity contribution in [3.8, 4) is 11.4 Å². The van der Waals surface area contributed by atoms with E-state index in [0.717, 1.165) is 4.90 Å². The van der Waals surface area contributed by atoms with Crippen molar-refractivity contribution in [2.75, 3.05) is 13.2 Å². The minimum absolute atomic E-state index is 0.272. The van der Waals surface area contributed by atoms with Crippen LogP contribution in [0.25, 0.3) is 5.69 Å². The van der Waals surface area contributed by atoms with Gasteiger partial charge in [-0.05, 0) is 38.1 Å². The first kappa shape index (κ1) is 20.9. The number of rotatable bonds is 4. The summed E-state index contributed by atoms with van der Waals surface area (Å²) in [6.07, 6.45) is 0.279. The number of urea groups is 1. The Morgan fingerprint density at radius 1 is 1.12 bits per heavy atom. The molecule has 0 saturated carbocycles. The number of benzene rings is 2. The molecule has 0 bridgehead atoms. The number of Topliss-reactive ketones (excluding diaryl/α,β-unsaturated/α-hetero) is 1. The molecule has 3 aromatic rings. The number of hydrogen-bond donors (Lipinski definition) is 1. The molecule has 2 aliphatic rings. The van der Waals surface area contributed by atoms with Crippen LogP contribution in [0, 0.1) is 19.7 Å². The van der Waals surface area contributed by atoms with Crippen LogP contribution in [0.1, 0.15) is 33.7 Å². The van der Waals surface area contributed by atoms with Gasteiger partial charge in [0, 0.05) is 28.9 Å². The molecular weight excluding hydrogens is 425 g/mol. The third-order valence-electron chi connectivity index (χ3n) is 6.38. The van der Waals surface area contributed by atoms with E-state index in [1.807, 2.05) is 0 Å². The van der Waals surface area contributed by atoms with Crippen LogP contribution in [0.15, 0.2) is 54.6 Å². The summed E-state index contributed by atoms with van der Waals surface area (Å²) in [7, 11) is 0. The van der Waals surface area contributed by atoms with Gasteiger partial charge >= 0.3 is 6.03 Å².